The van der Waals surface area contributed by atoms with Gasteiger partial charge in [0.25, 0.3) is 5.56 Å². The first-order valence-corrected chi connectivity index (χ1v) is 10.3. The number of aromatic nitrogens is 4. The first kappa shape index (κ1) is 22.3. The number of fused-ring (bicyclic) bond motifs is 1. The van der Waals surface area contributed by atoms with Crippen LogP contribution in [0, 0.1) is 0 Å². The predicted molar refractivity (Wildman–Crippen MR) is 121 cm³/mol. The van der Waals surface area contributed by atoms with Crippen molar-refractivity contribution in [3.8, 4) is 22.9 Å². The quantitative estimate of drug-likeness (QED) is 0.356. The molecule has 0 aliphatic carbocycles. The third-order valence-electron chi connectivity index (χ3n) is 5.27. The first-order valence-electron chi connectivity index (χ1n) is 10.3. The molecule has 0 saturated carbocycles. The second-order valence-electron chi connectivity index (χ2n) is 7.27. The van der Waals surface area contributed by atoms with E-state index in [2.05, 4.69) is 10.1 Å². The van der Waals surface area contributed by atoms with Crippen LogP contribution in [0.1, 0.15) is 12.3 Å². The molecule has 10 heteroatoms. The van der Waals surface area contributed by atoms with E-state index in [9.17, 15) is 9.59 Å². The van der Waals surface area contributed by atoms with E-state index in [0.29, 0.717) is 46.8 Å². The molecule has 2 heterocycles. The Kier molecular flexibility index (Phi) is 6.55. The lowest BCUT2D eigenvalue weighted by Gasteiger charge is -2.12. The van der Waals surface area contributed by atoms with Gasteiger partial charge in [0.05, 0.1) is 30.7 Å². The van der Waals surface area contributed by atoms with Gasteiger partial charge in [-0.2, -0.15) is 4.98 Å². The number of rotatable bonds is 9. The molecule has 2 aromatic heterocycles. The number of para-hydroxylation sites is 1. The van der Waals surface area contributed by atoms with E-state index < -0.39 is 5.69 Å². The molecule has 0 bridgehead atoms. The van der Waals surface area contributed by atoms with Crippen LogP contribution >= 0.6 is 0 Å². The number of nitrogens with zero attached hydrogens (tertiary/aromatic N) is 4. The molecule has 4 aromatic rings. The summed E-state index contributed by atoms with van der Waals surface area (Å²) in [6, 6.07) is 12.2. The number of hydrogen-bond acceptors (Lipinski definition) is 8. The number of hydrogen-bond donors (Lipinski definition) is 0. The third kappa shape index (κ3) is 4.37. The minimum Gasteiger partial charge on any atom is -0.497 e. The summed E-state index contributed by atoms with van der Waals surface area (Å²) in [6.45, 7) is 0.694. The van der Waals surface area contributed by atoms with Crippen LogP contribution in [0.2, 0.25) is 0 Å². The molecule has 172 valence electrons. The Labute approximate surface area is 188 Å². The van der Waals surface area contributed by atoms with Gasteiger partial charge in [0.15, 0.2) is 0 Å². The molecule has 4 rings (SSSR count). The van der Waals surface area contributed by atoms with Gasteiger partial charge < -0.3 is 18.7 Å². The van der Waals surface area contributed by atoms with E-state index >= 15 is 0 Å². The third-order valence-corrected chi connectivity index (χ3v) is 5.27. The summed E-state index contributed by atoms with van der Waals surface area (Å²) in [5.74, 6) is 1.69. The van der Waals surface area contributed by atoms with Crippen molar-refractivity contribution in [3.05, 3.63) is 69.2 Å². The lowest BCUT2D eigenvalue weighted by molar-refractivity contribution is 0.189. The maximum absolute atomic E-state index is 13.2. The molecule has 0 fully saturated rings. The summed E-state index contributed by atoms with van der Waals surface area (Å²) in [5, 5.41) is 4.49. The minimum absolute atomic E-state index is 0.00930. The van der Waals surface area contributed by atoms with Crippen LogP contribution in [0.25, 0.3) is 22.3 Å². The Bertz CT molecular complexity index is 1390. The molecule has 2 aromatic carbocycles. The van der Waals surface area contributed by atoms with Gasteiger partial charge in [0.2, 0.25) is 11.7 Å². The average molecular weight is 452 g/mol. The Balaban J connectivity index is 1.74. The highest BCUT2D eigenvalue weighted by Gasteiger charge is 2.18. The van der Waals surface area contributed by atoms with E-state index in [1.54, 1.807) is 56.7 Å². The zero-order chi connectivity index (χ0) is 23.4. The van der Waals surface area contributed by atoms with Gasteiger partial charge in [0.1, 0.15) is 18.0 Å². The predicted octanol–water partition coefficient (Wildman–Crippen LogP) is 2.32. The first-order chi connectivity index (χ1) is 16.1. The fourth-order valence-electron chi connectivity index (χ4n) is 3.63. The van der Waals surface area contributed by atoms with Gasteiger partial charge in [-0.1, -0.05) is 17.3 Å². The lowest BCUT2D eigenvalue weighted by Crippen LogP contribution is -2.40. The maximum atomic E-state index is 13.2. The van der Waals surface area contributed by atoms with Crippen LogP contribution in [-0.2, 0) is 17.8 Å². The maximum Gasteiger partial charge on any atom is 0.331 e. The standard InChI is InChI=1S/C23H24N4O6/c1-30-12-6-11-26-22(28)16-7-4-5-8-18(16)27(23(26)29)14-20-24-21(25-33-20)17-10-9-15(31-2)13-19(17)32-3/h4-5,7-10,13H,6,11-12,14H2,1-3H3. The second kappa shape index (κ2) is 9.70. The van der Waals surface area contributed by atoms with Gasteiger partial charge in [-0.25, -0.2) is 4.79 Å². The van der Waals surface area contributed by atoms with E-state index in [4.69, 9.17) is 18.7 Å². The van der Waals surface area contributed by atoms with Gasteiger partial charge in [-0.3, -0.25) is 13.9 Å². The molecular formula is C23H24N4O6. The van der Waals surface area contributed by atoms with Crippen LogP contribution in [0.15, 0.2) is 56.6 Å². The van der Waals surface area contributed by atoms with E-state index in [0.717, 1.165) is 0 Å². The van der Waals surface area contributed by atoms with E-state index in [1.165, 1.54) is 16.2 Å². The molecule has 0 radical (unpaired) electrons. The highest BCUT2D eigenvalue weighted by Crippen LogP contribution is 2.31. The van der Waals surface area contributed by atoms with Gasteiger partial charge in [0, 0.05) is 26.3 Å². The zero-order valence-electron chi connectivity index (χ0n) is 18.6. The van der Waals surface area contributed by atoms with Gasteiger partial charge in [-0.05, 0) is 30.7 Å². The SMILES string of the molecule is COCCCn1c(=O)c2ccccc2n(Cc2nc(-c3ccc(OC)cc3OC)no2)c1=O. The Morgan fingerprint density at radius 1 is 1.00 bits per heavy atom. The molecule has 0 amide bonds. The molecule has 0 aliphatic heterocycles. The summed E-state index contributed by atoms with van der Waals surface area (Å²) >= 11 is 0. The molecule has 0 saturated heterocycles. The van der Waals surface area contributed by atoms with Crippen LogP contribution in [0.4, 0.5) is 0 Å². The summed E-state index contributed by atoms with van der Waals surface area (Å²) in [4.78, 5) is 30.6. The topological polar surface area (TPSA) is 111 Å². The Hall–Kier alpha value is -3.92. The summed E-state index contributed by atoms with van der Waals surface area (Å²) in [5.41, 5.74) is 0.334. The number of benzene rings is 2. The Morgan fingerprint density at radius 2 is 1.82 bits per heavy atom. The van der Waals surface area contributed by atoms with Crippen molar-refractivity contribution in [3.63, 3.8) is 0 Å². The summed E-state index contributed by atoms with van der Waals surface area (Å²) in [7, 11) is 4.68. The van der Waals surface area contributed by atoms with Crippen molar-refractivity contribution in [2.45, 2.75) is 19.5 Å². The van der Waals surface area contributed by atoms with Crippen LogP contribution in [-0.4, -0.2) is 47.2 Å². The molecule has 0 atom stereocenters. The van der Waals surface area contributed by atoms with Crippen LogP contribution in [0.3, 0.4) is 0 Å². The largest absolute Gasteiger partial charge is 0.497 e. The Morgan fingerprint density at radius 3 is 2.58 bits per heavy atom. The van der Waals surface area contributed by atoms with Crippen molar-refractivity contribution in [2.24, 2.45) is 0 Å². The molecule has 10 nitrogen and oxygen atoms in total. The molecule has 0 N–H and O–H groups in total. The van der Waals surface area contributed by atoms with Crippen molar-refractivity contribution in [2.75, 3.05) is 27.9 Å². The second-order valence-corrected chi connectivity index (χ2v) is 7.27. The normalized spacial score (nSPS) is 11.1. The van der Waals surface area contributed by atoms with E-state index in [-0.39, 0.29) is 24.5 Å². The van der Waals surface area contributed by atoms with Gasteiger partial charge in [-0.15, -0.1) is 0 Å². The van der Waals surface area contributed by atoms with Crippen molar-refractivity contribution in [1.29, 1.82) is 0 Å². The molecule has 33 heavy (non-hydrogen) atoms. The minimum atomic E-state index is -0.448. The molecular weight excluding hydrogens is 428 g/mol. The van der Waals surface area contributed by atoms with Crippen molar-refractivity contribution >= 4 is 10.9 Å². The van der Waals surface area contributed by atoms with E-state index in [1.807, 2.05) is 0 Å². The smallest absolute Gasteiger partial charge is 0.331 e. The number of methoxy groups -OCH3 is 3. The average Bonchev–Trinajstić information content (AvgIpc) is 3.32. The fraction of sp³-hybridized carbons (Fsp3) is 0.304. The fourth-order valence-corrected chi connectivity index (χ4v) is 3.63. The van der Waals surface area contributed by atoms with Crippen LogP contribution in [0.5, 0.6) is 11.5 Å². The molecule has 0 spiro atoms. The molecule has 0 aliphatic rings. The number of ether oxygens (including phenoxy) is 3. The van der Waals surface area contributed by atoms with Crippen molar-refractivity contribution < 1.29 is 18.7 Å². The highest BCUT2D eigenvalue weighted by atomic mass is 16.5. The lowest BCUT2D eigenvalue weighted by atomic mass is 10.2. The van der Waals surface area contributed by atoms with Gasteiger partial charge >= 0.3 is 5.69 Å². The highest BCUT2D eigenvalue weighted by molar-refractivity contribution is 5.77. The van der Waals surface area contributed by atoms with Crippen LogP contribution < -0.4 is 20.7 Å². The van der Waals surface area contributed by atoms with Crippen molar-refractivity contribution in [1.82, 2.24) is 19.3 Å². The zero-order valence-corrected chi connectivity index (χ0v) is 18.6. The summed E-state index contributed by atoms with van der Waals surface area (Å²) < 4.78 is 23.8. The molecule has 0 unspecified atom stereocenters. The summed E-state index contributed by atoms with van der Waals surface area (Å²) in [6.07, 6.45) is 0.534. The monoisotopic (exact) mass is 452 g/mol.